The lowest BCUT2D eigenvalue weighted by molar-refractivity contribution is 0.0556. The maximum absolute atomic E-state index is 13.1. The third kappa shape index (κ3) is 2.54. The quantitative estimate of drug-likeness (QED) is 0.727. The molecule has 0 radical (unpaired) electrons. The van der Waals surface area contributed by atoms with Gasteiger partial charge in [-0.15, -0.1) is 0 Å². The number of hydrogen-bond acceptors (Lipinski definition) is 4. The van der Waals surface area contributed by atoms with Crippen LogP contribution in [-0.4, -0.2) is 44.4 Å². The van der Waals surface area contributed by atoms with Crippen LogP contribution in [0.5, 0.6) is 0 Å². The molecule has 6 heteroatoms. The van der Waals surface area contributed by atoms with Crippen molar-refractivity contribution in [3.63, 3.8) is 0 Å². The van der Waals surface area contributed by atoms with Gasteiger partial charge in [0.2, 0.25) is 0 Å². The zero-order valence-corrected chi connectivity index (χ0v) is 14.4. The number of nitrogens with zero attached hydrogens (tertiary/aromatic N) is 4. The Kier molecular flexibility index (Phi) is 3.64. The van der Waals surface area contributed by atoms with Gasteiger partial charge in [0.15, 0.2) is 0 Å². The predicted octanol–water partition coefficient (Wildman–Crippen LogP) is 2.56. The van der Waals surface area contributed by atoms with E-state index < -0.39 is 0 Å². The first-order valence-electron chi connectivity index (χ1n) is 8.91. The lowest BCUT2D eigenvalue weighted by atomic mass is 10.0. The van der Waals surface area contributed by atoms with Gasteiger partial charge in [-0.3, -0.25) is 14.7 Å². The van der Waals surface area contributed by atoms with Gasteiger partial charge in [-0.05, 0) is 35.9 Å². The Morgan fingerprint density at radius 2 is 2.00 bits per heavy atom. The minimum atomic E-state index is 0.0972. The predicted molar refractivity (Wildman–Crippen MR) is 95.4 cm³/mol. The summed E-state index contributed by atoms with van der Waals surface area (Å²) in [7, 11) is 0. The van der Waals surface area contributed by atoms with E-state index in [0.29, 0.717) is 6.54 Å². The highest BCUT2D eigenvalue weighted by Crippen LogP contribution is 2.35. The highest BCUT2D eigenvalue weighted by molar-refractivity contribution is 5.94. The molecule has 3 aromatic rings. The van der Waals surface area contributed by atoms with Crippen LogP contribution in [0.25, 0.3) is 0 Å². The van der Waals surface area contributed by atoms with Crippen molar-refractivity contribution in [2.75, 3.05) is 13.1 Å². The average Bonchev–Trinajstić information content (AvgIpc) is 3.40. The Balaban J connectivity index is 1.45. The highest BCUT2D eigenvalue weighted by Gasteiger charge is 2.44. The first-order chi connectivity index (χ1) is 12.8. The zero-order valence-electron chi connectivity index (χ0n) is 14.4. The van der Waals surface area contributed by atoms with E-state index in [-0.39, 0.29) is 18.0 Å². The van der Waals surface area contributed by atoms with Crippen molar-refractivity contribution in [3.05, 3.63) is 78.3 Å². The lowest BCUT2D eigenvalue weighted by Crippen LogP contribution is -2.49. The molecule has 132 valence electrons. The van der Waals surface area contributed by atoms with Crippen molar-refractivity contribution in [2.45, 2.75) is 25.2 Å². The monoisotopic (exact) mass is 348 g/mol. The van der Waals surface area contributed by atoms with Crippen molar-refractivity contribution in [3.8, 4) is 0 Å². The molecule has 0 N–H and O–H groups in total. The summed E-state index contributed by atoms with van der Waals surface area (Å²) in [5.41, 5.74) is 1.83. The van der Waals surface area contributed by atoms with Crippen LogP contribution in [0.2, 0.25) is 0 Å². The van der Waals surface area contributed by atoms with Crippen molar-refractivity contribution in [1.82, 2.24) is 19.4 Å². The lowest BCUT2D eigenvalue weighted by Gasteiger charge is -2.38. The molecular weight excluding hydrogens is 328 g/mol. The number of fused-ring (bicyclic) bond motifs is 3. The number of aromatic nitrogens is 2. The van der Waals surface area contributed by atoms with Crippen LogP contribution in [0.3, 0.4) is 0 Å². The SMILES string of the molecule is O=C1c2cccn2[C@@H]2CN(Cc3ccco3)C[C@@H]2N1Cc1cccnc1. The van der Waals surface area contributed by atoms with Gasteiger partial charge < -0.3 is 13.9 Å². The van der Waals surface area contributed by atoms with Crippen LogP contribution in [0.4, 0.5) is 0 Å². The summed E-state index contributed by atoms with van der Waals surface area (Å²) >= 11 is 0. The summed E-state index contributed by atoms with van der Waals surface area (Å²) in [6.07, 6.45) is 7.34. The van der Waals surface area contributed by atoms with Gasteiger partial charge in [-0.1, -0.05) is 6.07 Å². The van der Waals surface area contributed by atoms with Crippen molar-refractivity contribution >= 4 is 5.91 Å². The highest BCUT2D eigenvalue weighted by atomic mass is 16.3. The number of carbonyl (C=O) groups is 1. The van der Waals surface area contributed by atoms with E-state index in [9.17, 15) is 4.79 Å². The molecule has 0 bridgehead atoms. The molecule has 5 heterocycles. The van der Waals surface area contributed by atoms with E-state index in [1.807, 2.05) is 53.7 Å². The summed E-state index contributed by atoms with van der Waals surface area (Å²) in [6.45, 7) is 3.11. The fourth-order valence-electron chi connectivity index (χ4n) is 4.22. The molecule has 6 nitrogen and oxygen atoms in total. The normalized spacial score (nSPS) is 22.5. The Hall–Kier alpha value is -2.86. The molecule has 2 aliphatic rings. The topological polar surface area (TPSA) is 54.5 Å². The Bertz CT molecular complexity index is 903. The summed E-state index contributed by atoms with van der Waals surface area (Å²) in [4.78, 5) is 21.7. The maximum atomic E-state index is 13.1. The van der Waals surface area contributed by atoms with E-state index in [0.717, 1.165) is 36.7 Å². The van der Waals surface area contributed by atoms with E-state index in [4.69, 9.17) is 4.42 Å². The van der Waals surface area contributed by atoms with Gasteiger partial charge in [-0.25, -0.2) is 0 Å². The molecule has 1 amide bonds. The van der Waals surface area contributed by atoms with Crippen LogP contribution in [-0.2, 0) is 13.1 Å². The fourth-order valence-corrected chi connectivity index (χ4v) is 4.22. The van der Waals surface area contributed by atoms with Crippen LogP contribution in [0, 0.1) is 0 Å². The molecular formula is C20H20N4O2. The Labute approximate surface area is 151 Å². The largest absolute Gasteiger partial charge is 0.468 e. The maximum Gasteiger partial charge on any atom is 0.271 e. The second-order valence-corrected chi connectivity index (χ2v) is 7.00. The Morgan fingerprint density at radius 3 is 2.81 bits per heavy atom. The van der Waals surface area contributed by atoms with Crippen LogP contribution >= 0.6 is 0 Å². The third-order valence-electron chi connectivity index (χ3n) is 5.39. The first kappa shape index (κ1) is 15.4. The number of rotatable bonds is 4. The van der Waals surface area contributed by atoms with Crippen LogP contribution in [0.1, 0.15) is 27.9 Å². The summed E-state index contributed by atoms with van der Waals surface area (Å²) in [5.74, 6) is 1.06. The second-order valence-electron chi connectivity index (χ2n) is 7.00. The molecule has 3 aromatic heterocycles. The molecule has 0 unspecified atom stereocenters. The van der Waals surface area contributed by atoms with Crippen LogP contribution < -0.4 is 0 Å². The van der Waals surface area contributed by atoms with Crippen molar-refractivity contribution in [2.24, 2.45) is 0 Å². The zero-order chi connectivity index (χ0) is 17.5. The van der Waals surface area contributed by atoms with Gasteiger partial charge in [0.25, 0.3) is 5.91 Å². The van der Waals surface area contributed by atoms with Gasteiger partial charge in [0.05, 0.1) is 24.9 Å². The molecule has 1 saturated heterocycles. The molecule has 2 aliphatic heterocycles. The standard InChI is InChI=1S/C20H20N4O2/c25-20-17-6-2-8-23(17)18-13-22(12-16-5-3-9-26-16)14-19(18)24(20)11-15-4-1-7-21-10-15/h1-10,18-19H,11-14H2/t18-,19+/m1/s1. The smallest absolute Gasteiger partial charge is 0.271 e. The molecule has 0 saturated carbocycles. The van der Waals surface area contributed by atoms with Gasteiger partial charge >= 0.3 is 0 Å². The number of amides is 1. The molecule has 0 spiro atoms. The molecule has 2 atom stereocenters. The second kappa shape index (κ2) is 6.14. The number of furan rings is 1. The van der Waals surface area contributed by atoms with Gasteiger partial charge in [0.1, 0.15) is 11.5 Å². The first-order valence-corrected chi connectivity index (χ1v) is 8.91. The summed E-state index contributed by atoms with van der Waals surface area (Å²) in [6, 6.07) is 12.2. The minimum Gasteiger partial charge on any atom is -0.468 e. The van der Waals surface area contributed by atoms with E-state index in [1.54, 1.807) is 12.5 Å². The summed E-state index contributed by atoms with van der Waals surface area (Å²) < 4.78 is 7.66. The molecule has 1 fully saturated rings. The van der Waals surface area contributed by atoms with Crippen molar-refractivity contribution in [1.29, 1.82) is 0 Å². The molecule has 5 rings (SSSR count). The minimum absolute atomic E-state index is 0.0972. The van der Waals surface area contributed by atoms with Crippen molar-refractivity contribution < 1.29 is 9.21 Å². The van der Waals surface area contributed by atoms with E-state index >= 15 is 0 Å². The van der Waals surface area contributed by atoms with Crippen LogP contribution in [0.15, 0.2) is 65.7 Å². The number of likely N-dealkylation sites (tertiary alicyclic amines) is 1. The van der Waals surface area contributed by atoms with Gasteiger partial charge in [0, 0.05) is 38.2 Å². The summed E-state index contributed by atoms with van der Waals surface area (Å²) in [5, 5.41) is 0. The van der Waals surface area contributed by atoms with Gasteiger partial charge in [-0.2, -0.15) is 0 Å². The Morgan fingerprint density at radius 1 is 1.08 bits per heavy atom. The van der Waals surface area contributed by atoms with E-state index in [1.165, 1.54) is 0 Å². The molecule has 0 aromatic carbocycles. The fraction of sp³-hybridized carbons (Fsp3) is 0.300. The number of carbonyl (C=O) groups excluding carboxylic acids is 1. The number of pyridine rings is 1. The molecule has 26 heavy (non-hydrogen) atoms. The third-order valence-corrected chi connectivity index (χ3v) is 5.39. The molecule has 0 aliphatic carbocycles. The number of hydrogen-bond donors (Lipinski definition) is 0. The average molecular weight is 348 g/mol. The van der Waals surface area contributed by atoms with E-state index in [2.05, 4.69) is 14.5 Å².